The highest BCUT2D eigenvalue weighted by Gasteiger charge is 2.48. The molecule has 8 heteroatoms. The van der Waals surface area contributed by atoms with Gasteiger partial charge in [-0.2, -0.15) is 0 Å². The van der Waals surface area contributed by atoms with Crippen molar-refractivity contribution in [2.75, 3.05) is 6.61 Å². The van der Waals surface area contributed by atoms with Gasteiger partial charge in [-0.25, -0.2) is 0 Å². The van der Waals surface area contributed by atoms with Crippen LogP contribution in [0.4, 0.5) is 0 Å². The van der Waals surface area contributed by atoms with E-state index in [2.05, 4.69) is 52.8 Å². The lowest BCUT2D eigenvalue weighted by molar-refractivity contribution is 0.0486. The van der Waals surface area contributed by atoms with Gasteiger partial charge in [0.1, 0.15) is 11.3 Å². The smallest absolute Gasteiger partial charge is 0.349 e. The lowest BCUT2D eigenvalue weighted by Gasteiger charge is -2.43. The maximum absolute atomic E-state index is 12.6. The van der Waals surface area contributed by atoms with Gasteiger partial charge in [0.05, 0.1) is 0 Å². The first-order chi connectivity index (χ1) is 13.0. The number of carbonyl (C=O) groups excluding carboxylic acids is 1. The Morgan fingerprint density at radius 2 is 1.55 bits per heavy atom. The van der Waals surface area contributed by atoms with E-state index >= 15 is 0 Å². The molecular formula is C21H40O5Si3. The second-order valence-electron chi connectivity index (χ2n) is 10.2. The number of hydrogen-bond donors (Lipinski definition) is 1. The molecule has 0 aromatic heterocycles. The van der Waals surface area contributed by atoms with Crippen molar-refractivity contribution in [1.82, 2.24) is 0 Å². The molecule has 0 saturated carbocycles. The van der Waals surface area contributed by atoms with Crippen molar-refractivity contribution in [2.24, 2.45) is 0 Å². The van der Waals surface area contributed by atoms with Gasteiger partial charge < -0.3 is 18.1 Å². The SMILES string of the molecule is CCCOC(c1cccc(C(=O)C(C)(C)O)c1)[Si](C)(O[Si](C)(C)C)O[Si](C)(C)C. The van der Waals surface area contributed by atoms with E-state index in [1.807, 2.05) is 18.2 Å². The van der Waals surface area contributed by atoms with Gasteiger partial charge >= 0.3 is 8.56 Å². The van der Waals surface area contributed by atoms with Gasteiger partial charge in [-0.1, -0.05) is 25.1 Å². The first-order valence-electron chi connectivity index (χ1n) is 10.4. The zero-order valence-corrected chi connectivity index (χ0v) is 22.9. The molecule has 166 valence electrons. The molecule has 0 fully saturated rings. The van der Waals surface area contributed by atoms with Gasteiger partial charge in [0.2, 0.25) is 0 Å². The minimum absolute atomic E-state index is 0.311. The van der Waals surface area contributed by atoms with Gasteiger partial charge in [-0.05, 0) is 77.7 Å². The number of ketones is 1. The second-order valence-corrected chi connectivity index (χ2v) is 22.8. The van der Waals surface area contributed by atoms with E-state index in [1.165, 1.54) is 13.8 Å². The Morgan fingerprint density at radius 1 is 1.03 bits per heavy atom. The summed E-state index contributed by atoms with van der Waals surface area (Å²) in [6.45, 7) is 20.7. The number of benzene rings is 1. The van der Waals surface area contributed by atoms with Crippen LogP contribution < -0.4 is 0 Å². The number of hydrogen-bond acceptors (Lipinski definition) is 5. The van der Waals surface area contributed by atoms with Crippen molar-refractivity contribution >= 4 is 31.0 Å². The number of carbonyl (C=O) groups is 1. The van der Waals surface area contributed by atoms with Gasteiger partial charge in [-0.15, -0.1) is 0 Å². The van der Waals surface area contributed by atoms with Crippen LogP contribution in [0.15, 0.2) is 24.3 Å². The fourth-order valence-electron chi connectivity index (χ4n) is 3.33. The topological polar surface area (TPSA) is 65.0 Å². The lowest BCUT2D eigenvalue weighted by Crippen LogP contribution is -2.57. The van der Waals surface area contributed by atoms with E-state index in [4.69, 9.17) is 13.0 Å². The third-order valence-corrected chi connectivity index (χ3v) is 13.6. The van der Waals surface area contributed by atoms with Crippen LogP contribution in [-0.4, -0.2) is 48.3 Å². The van der Waals surface area contributed by atoms with Crippen LogP contribution in [0.2, 0.25) is 45.8 Å². The minimum Gasteiger partial charge on any atom is -0.435 e. The highest BCUT2D eigenvalue weighted by atomic mass is 28.5. The fraction of sp³-hybridized carbons (Fsp3) is 0.667. The third kappa shape index (κ3) is 8.56. The van der Waals surface area contributed by atoms with Crippen LogP contribution in [0.5, 0.6) is 0 Å². The Hall–Kier alpha value is -0.619. The molecule has 0 aliphatic rings. The first kappa shape index (κ1) is 26.4. The van der Waals surface area contributed by atoms with Crippen LogP contribution in [0.1, 0.15) is 48.8 Å². The average molecular weight is 457 g/mol. The Labute approximate surface area is 180 Å². The normalized spacial score (nSPS) is 14.7. The summed E-state index contributed by atoms with van der Waals surface area (Å²) in [4.78, 5) is 12.6. The van der Waals surface area contributed by atoms with Gasteiger partial charge in [0.15, 0.2) is 22.4 Å². The van der Waals surface area contributed by atoms with Gasteiger partial charge in [0, 0.05) is 12.2 Å². The molecule has 1 rings (SSSR count). The van der Waals surface area contributed by atoms with Crippen molar-refractivity contribution in [3.05, 3.63) is 35.4 Å². The standard InChI is InChI=1S/C21H40O5Si3/c1-11-15-24-20(29(10,25-27(4,5)6)26-28(7,8)9)18-14-12-13-17(16-18)19(22)21(2,3)23/h12-14,16,20,23H,11,15H2,1-10H3. The number of aliphatic hydroxyl groups is 1. The van der Waals surface area contributed by atoms with E-state index in [1.54, 1.807) is 6.07 Å². The highest BCUT2D eigenvalue weighted by molar-refractivity contribution is 6.88. The van der Waals surface area contributed by atoms with Crippen LogP contribution in [-0.2, 0) is 13.0 Å². The second kappa shape index (κ2) is 9.67. The number of Topliss-reactive ketones (excluding diaryl/α,β-unsaturated/α-hetero) is 1. The lowest BCUT2D eigenvalue weighted by atomic mass is 9.96. The molecule has 0 radical (unpaired) electrons. The molecule has 0 saturated heterocycles. The Balaban J connectivity index is 3.50. The number of ether oxygens (including phenoxy) is 1. The summed E-state index contributed by atoms with van der Waals surface area (Å²) >= 11 is 0. The highest BCUT2D eigenvalue weighted by Crippen LogP contribution is 2.35. The van der Waals surface area contributed by atoms with Crippen LogP contribution in [0, 0.1) is 0 Å². The number of rotatable bonds is 11. The summed E-state index contributed by atoms with van der Waals surface area (Å²) in [7, 11) is -6.65. The summed E-state index contributed by atoms with van der Waals surface area (Å²) in [6.07, 6.45) is 0.878. The predicted octanol–water partition coefficient (Wildman–Crippen LogP) is 5.42. The Bertz CT molecular complexity index is 671. The molecule has 0 bridgehead atoms. The molecule has 5 nitrogen and oxygen atoms in total. The van der Waals surface area contributed by atoms with Gasteiger partial charge in [0.25, 0.3) is 0 Å². The molecule has 0 heterocycles. The average Bonchev–Trinajstić information content (AvgIpc) is 2.50. The zero-order chi connectivity index (χ0) is 22.7. The molecule has 1 aromatic carbocycles. The summed E-state index contributed by atoms with van der Waals surface area (Å²) in [5.41, 5.74) is -0.435. The van der Waals surface area contributed by atoms with Crippen molar-refractivity contribution in [2.45, 2.75) is 84.3 Å². The van der Waals surface area contributed by atoms with E-state index in [9.17, 15) is 9.90 Å². The summed E-state index contributed by atoms with van der Waals surface area (Å²) < 4.78 is 19.8. The monoisotopic (exact) mass is 456 g/mol. The molecule has 0 aliphatic carbocycles. The van der Waals surface area contributed by atoms with Crippen LogP contribution >= 0.6 is 0 Å². The molecular weight excluding hydrogens is 416 g/mol. The Kier molecular flexibility index (Phi) is 8.81. The maximum atomic E-state index is 12.6. The quantitative estimate of drug-likeness (QED) is 0.356. The minimum atomic E-state index is -2.80. The third-order valence-electron chi connectivity index (χ3n) is 3.99. The van der Waals surface area contributed by atoms with E-state index in [0.717, 1.165) is 12.0 Å². The largest absolute Gasteiger partial charge is 0.435 e. The zero-order valence-electron chi connectivity index (χ0n) is 19.9. The molecule has 1 unspecified atom stereocenters. The molecule has 1 N–H and O–H groups in total. The molecule has 29 heavy (non-hydrogen) atoms. The maximum Gasteiger partial charge on any atom is 0.349 e. The van der Waals surface area contributed by atoms with Crippen molar-refractivity contribution < 1.29 is 22.9 Å². The van der Waals surface area contributed by atoms with Crippen molar-refractivity contribution in [3.63, 3.8) is 0 Å². The van der Waals surface area contributed by atoms with E-state index < -0.39 is 30.8 Å². The van der Waals surface area contributed by atoms with Gasteiger partial charge in [-0.3, -0.25) is 4.79 Å². The van der Waals surface area contributed by atoms with E-state index in [0.29, 0.717) is 12.2 Å². The van der Waals surface area contributed by atoms with Crippen LogP contribution in [0.25, 0.3) is 0 Å². The van der Waals surface area contributed by atoms with E-state index in [-0.39, 0.29) is 11.5 Å². The molecule has 1 atom stereocenters. The molecule has 0 spiro atoms. The summed E-state index contributed by atoms with van der Waals surface area (Å²) in [6, 6.07) is 7.37. The summed E-state index contributed by atoms with van der Waals surface area (Å²) in [5, 5.41) is 10.2. The molecule has 0 aliphatic heterocycles. The molecule has 1 aromatic rings. The predicted molar refractivity (Wildman–Crippen MR) is 127 cm³/mol. The van der Waals surface area contributed by atoms with Crippen molar-refractivity contribution in [3.8, 4) is 0 Å². The summed E-state index contributed by atoms with van der Waals surface area (Å²) in [5.74, 6) is -0.311. The fourth-order valence-corrected chi connectivity index (χ4v) is 15.7. The first-order valence-corrected chi connectivity index (χ1v) is 19.6. The Morgan fingerprint density at radius 3 is 1.97 bits per heavy atom. The molecule has 0 amide bonds. The van der Waals surface area contributed by atoms with Crippen LogP contribution in [0.3, 0.4) is 0 Å². The van der Waals surface area contributed by atoms with Crippen molar-refractivity contribution in [1.29, 1.82) is 0 Å².